The van der Waals surface area contributed by atoms with Gasteiger partial charge in [0.15, 0.2) is 0 Å². The highest BCUT2D eigenvalue weighted by Gasteiger charge is 2.11. The molecule has 0 heterocycles. The van der Waals surface area contributed by atoms with Gasteiger partial charge in [-0.1, -0.05) is 66.2 Å². The zero-order valence-electron chi connectivity index (χ0n) is 16.5. The number of hydrogen-bond donors (Lipinski definition) is 2. The van der Waals surface area contributed by atoms with E-state index in [1.165, 1.54) is 38.5 Å². The first kappa shape index (κ1) is 22.9. The van der Waals surface area contributed by atoms with Gasteiger partial charge >= 0.3 is 0 Å². The van der Waals surface area contributed by atoms with E-state index in [0.717, 1.165) is 25.9 Å². The first-order chi connectivity index (χ1) is 11.6. The molecule has 0 aliphatic carbocycles. The van der Waals surface area contributed by atoms with E-state index in [-0.39, 0.29) is 11.8 Å². The van der Waals surface area contributed by atoms with Crippen molar-refractivity contribution in [2.45, 2.75) is 91.9 Å². The van der Waals surface area contributed by atoms with Crippen molar-refractivity contribution < 1.29 is 9.59 Å². The van der Waals surface area contributed by atoms with Crippen LogP contribution in [-0.4, -0.2) is 24.9 Å². The Morgan fingerprint density at radius 3 is 1.38 bits per heavy atom. The van der Waals surface area contributed by atoms with E-state index in [0.29, 0.717) is 24.7 Å². The first-order valence-electron chi connectivity index (χ1n) is 10.1. The number of nitrogens with one attached hydrogen (secondary N) is 2. The van der Waals surface area contributed by atoms with Gasteiger partial charge in [-0.15, -0.1) is 0 Å². The topological polar surface area (TPSA) is 58.2 Å². The summed E-state index contributed by atoms with van der Waals surface area (Å²) >= 11 is 0. The second kappa shape index (κ2) is 15.5. The van der Waals surface area contributed by atoms with Crippen LogP contribution in [0, 0.1) is 11.8 Å². The monoisotopic (exact) mass is 340 g/mol. The quantitative estimate of drug-likeness (QED) is 0.463. The molecule has 24 heavy (non-hydrogen) atoms. The van der Waals surface area contributed by atoms with Crippen LogP contribution in [0.25, 0.3) is 0 Å². The van der Waals surface area contributed by atoms with Crippen molar-refractivity contribution in [1.82, 2.24) is 10.6 Å². The van der Waals surface area contributed by atoms with E-state index in [4.69, 9.17) is 0 Å². The molecule has 0 saturated carbocycles. The minimum Gasteiger partial charge on any atom is -0.356 e. The van der Waals surface area contributed by atoms with Crippen molar-refractivity contribution in [3.63, 3.8) is 0 Å². The van der Waals surface area contributed by atoms with E-state index in [2.05, 4.69) is 38.3 Å². The summed E-state index contributed by atoms with van der Waals surface area (Å²) in [4.78, 5) is 23.8. The molecule has 4 heteroatoms. The molecule has 142 valence electrons. The van der Waals surface area contributed by atoms with Crippen LogP contribution in [0.5, 0.6) is 0 Å². The normalized spacial score (nSPS) is 13.3. The molecule has 0 saturated heterocycles. The van der Waals surface area contributed by atoms with Crippen LogP contribution in [-0.2, 0) is 9.59 Å². The van der Waals surface area contributed by atoms with Gasteiger partial charge in [-0.25, -0.2) is 0 Å². The van der Waals surface area contributed by atoms with Gasteiger partial charge in [0, 0.05) is 25.9 Å². The Hall–Kier alpha value is -1.06. The Morgan fingerprint density at radius 1 is 0.708 bits per heavy atom. The summed E-state index contributed by atoms with van der Waals surface area (Å²) in [7, 11) is 0. The molecule has 2 amide bonds. The van der Waals surface area contributed by atoms with Crippen molar-refractivity contribution in [1.29, 1.82) is 0 Å². The van der Waals surface area contributed by atoms with E-state index < -0.39 is 0 Å². The second-order valence-electron chi connectivity index (χ2n) is 6.94. The zero-order chi connectivity index (χ0) is 18.2. The number of unbranched alkanes of at least 4 members (excludes halogenated alkanes) is 2. The van der Waals surface area contributed by atoms with Crippen LogP contribution < -0.4 is 10.6 Å². The summed E-state index contributed by atoms with van der Waals surface area (Å²) in [5.41, 5.74) is 0. The Balaban J connectivity index is 3.86. The average Bonchev–Trinajstić information content (AvgIpc) is 2.60. The molecule has 2 N–H and O–H groups in total. The smallest absolute Gasteiger partial charge is 0.220 e. The van der Waals surface area contributed by atoms with Crippen LogP contribution in [0.2, 0.25) is 0 Å². The fourth-order valence-electron chi connectivity index (χ4n) is 2.81. The molecule has 0 bridgehead atoms. The fraction of sp³-hybridized carbons (Fsp3) is 0.900. The average molecular weight is 341 g/mol. The zero-order valence-corrected chi connectivity index (χ0v) is 16.5. The van der Waals surface area contributed by atoms with Crippen molar-refractivity contribution in [3.8, 4) is 0 Å². The van der Waals surface area contributed by atoms with E-state index in [1.807, 2.05) is 0 Å². The predicted molar refractivity (Wildman–Crippen MR) is 102 cm³/mol. The van der Waals surface area contributed by atoms with Crippen LogP contribution in [0.3, 0.4) is 0 Å². The SMILES string of the molecule is CCCC[C@H](CC)CNC(=O)CCC(=O)NC[C@@H](CC)CCCC. The van der Waals surface area contributed by atoms with Crippen molar-refractivity contribution >= 4 is 11.8 Å². The third-order valence-electron chi connectivity index (χ3n) is 4.84. The summed E-state index contributed by atoms with van der Waals surface area (Å²) in [5, 5.41) is 5.97. The molecule has 0 aromatic rings. The van der Waals surface area contributed by atoms with Gasteiger partial charge in [0.1, 0.15) is 0 Å². The molecule has 2 atom stereocenters. The molecular formula is C20H40N2O2. The number of carbonyl (C=O) groups excluding carboxylic acids is 2. The largest absolute Gasteiger partial charge is 0.356 e. The molecule has 0 aromatic heterocycles. The molecule has 0 aromatic carbocycles. The maximum Gasteiger partial charge on any atom is 0.220 e. The maximum atomic E-state index is 11.9. The standard InChI is InChI=1S/C20H40N2O2/c1-5-9-11-17(7-3)15-21-19(23)13-14-20(24)22-16-18(8-4)12-10-6-2/h17-18H,5-16H2,1-4H3,(H,21,23)(H,22,24)/t17-,18-/m0/s1. The third kappa shape index (κ3) is 12.4. The van der Waals surface area contributed by atoms with Crippen LogP contribution >= 0.6 is 0 Å². The van der Waals surface area contributed by atoms with Gasteiger partial charge in [-0.3, -0.25) is 9.59 Å². The van der Waals surface area contributed by atoms with Gasteiger partial charge in [0.25, 0.3) is 0 Å². The van der Waals surface area contributed by atoms with Gasteiger partial charge in [-0.05, 0) is 24.7 Å². The van der Waals surface area contributed by atoms with Crippen LogP contribution in [0.1, 0.15) is 91.9 Å². The number of amides is 2. The first-order valence-corrected chi connectivity index (χ1v) is 10.1. The van der Waals surface area contributed by atoms with Gasteiger partial charge < -0.3 is 10.6 Å². The van der Waals surface area contributed by atoms with Gasteiger partial charge in [0.2, 0.25) is 11.8 Å². The molecule has 0 spiro atoms. The Kier molecular flexibility index (Phi) is 14.8. The molecule has 4 nitrogen and oxygen atoms in total. The van der Waals surface area contributed by atoms with Crippen molar-refractivity contribution in [3.05, 3.63) is 0 Å². The molecular weight excluding hydrogens is 300 g/mol. The minimum absolute atomic E-state index is 0.00174. The van der Waals surface area contributed by atoms with E-state index in [1.54, 1.807) is 0 Å². The lowest BCUT2D eigenvalue weighted by molar-refractivity contribution is -0.126. The lowest BCUT2D eigenvalue weighted by Gasteiger charge is -2.16. The molecule has 0 unspecified atom stereocenters. The maximum absolute atomic E-state index is 11.9. The third-order valence-corrected chi connectivity index (χ3v) is 4.84. The predicted octanol–water partition coefficient (Wildman–Crippen LogP) is 4.43. The molecule has 0 rings (SSSR count). The summed E-state index contributed by atoms with van der Waals surface area (Å²) in [6.07, 6.45) is 9.94. The minimum atomic E-state index is -0.00174. The number of carbonyl (C=O) groups is 2. The Bertz CT molecular complexity index is 300. The summed E-state index contributed by atoms with van der Waals surface area (Å²) in [6.45, 7) is 10.2. The molecule has 0 fully saturated rings. The number of rotatable bonds is 15. The van der Waals surface area contributed by atoms with E-state index >= 15 is 0 Å². The Labute approximate surface area is 149 Å². The van der Waals surface area contributed by atoms with Gasteiger partial charge in [0.05, 0.1) is 0 Å². The lowest BCUT2D eigenvalue weighted by atomic mass is 9.99. The Morgan fingerprint density at radius 2 is 1.08 bits per heavy atom. The lowest BCUT2D eigenvalue weighted by Crippen LogP contribution is -2.32. The summed E-state index contributed by atoms with van der Waals surface area (Å²) in [6, 6.07) is 0. The number of hydrogen-bond acceptors (Lipinski definition) is 2. The molecule has 0 aliphatic heterocycles. The summed E-state index contributed by atoms with van der Waals surface area (Å²) < 4.78 is 0. The fourth-order valence-corrected chi connectivity index (χ4v) is 2.81. The highest BCUT2D eigenvalue weighted by Crippen LogP contribution is 2.12. The van der Waals surface area contributed by atoms with E-state index in [9.17, 15) is 9.59 Å². The molecule has 0 aliphatic rings. The van der Waals surface area contributed by atoms with Crippen molar-refractivity contribution in [2.24, 2.45) is 11.8 Å². The summed E-state index contributed by atoms with van der Waals surface area (Å²) in [5.74, 6) is 1.12. The highest BCUT2D eigenvalue weighted by atomic mass is 16.2. The van der Waals surface area contributed by atoms with Gasteiger partial charge in [-0.2, -0.15) is 0 Å². The highest BCUT2D eigenvalue weighted by molar-refractivity contribution is 5.83. The molecule has 0 radical (unpaired) electrons. The van der Waals surface area contributed by atoms with Crippen LogP contribution in [0.4, 0.5) is 0 Å². The van der Waals surface area contributed by atoms with Crippen molar-refractivity contribution in [2.75, 3.05) is 13.1 Å². The second-order valence-corrected chi connectivity index (χ2v) is 6.94. The van der Waals surface area contributed by atoms with Crippen LogP contribution in [0.15, 0.2) is 0 Å².